The first-order valence-electron chi connectivity index (χ1n) is 9.37. The highest BCUT2D eigenvalue weighted by Crippen LogP contribution is 2.15. The van der Waals surface area contributed by atoms with E-state index in [1.807, 2.05) is 18.2 Å². The number of urea groups is 1. The summed E-state index contributed by atoms with van der Waals surface area (Å²) in [5.74, 6) is 0. The maximum absolute atomic E-state index is 10.9. The van der Waals surface area contributed by atoms with Crippen molar-refractivity contribution in [2.75, 3.05) is 5.32 Å². The summed E-state index contributed by atoms with van der Waals surface area (Å²) < 4.78 is 0. The zero-order valence-electron chi connectivity index (χ0n) is 14.8. The number of anilines is 1. The highest BCUT2D eigenvalue weighted by atomic mass is 16.2. The monoisotopic (exact) mass is 318 g/mol. The number of carbonyl (C=O) groups is 1. The molecule has 1 aromatic rings. The van der Waals surface area contributed by atoms with Crippen molar-refractivity contribution in [1.82, 2.24) is 0 Å². The van der Waals surface area contributed by atoms with Gasteiger partial charge in [0, 0.05) is 5.69 Å². The van der Waals surface area contributed by atoms with Crippen LogP contribution in [0.15, 0.2) is 24.3 Å². The molecular weight excluding hydrogens is 284 g/mol. The molecule has 23 heavy (non-hydrogen) atoms. The minimum atomic E-state index is -0.503. The van der Waals surface area contributed by atoms with Crippen molar-refractivity contribution in [1.29, 1.82) is 0 Å². The fraction of sp³-hybridized carbons (Fsp3) is 0.650. The molecule has 130 valence electrons. The van der Waals surface area contributed by atoms with E-state index >= 15 is 0 Å². The summed E-state index contributed by atoms with van der Waals surface area (Å²) in [5, 5.41) is 2.63. The van der Waals surface area contributed by atoms with Crippen molar-refractivity contribution in [3.8, 4) is 0 Å². The van der Waals surface area contributed by atoms with E-state index in [1.165, 1.54) is 76.2 Å². The third kappa shape index (κ3) is 10.8. The van der Waals surface area contributed by atoms with Crippen LogP contribution in [0.25, 0.3) is 0 Å². The van der Waals surface area contributed by atoms with Crippen LogP contribution >= 0.6 is 0 Å². The zero-order chi connectivity index (χ0) is 16.8. The van der Waals surface area contributed by atoms with Crippen LogP contribution in [0.5, 0.6) is 0 Å². The van der Waals surface area contributed by atoms with Crippen molar-refractivity contribution in [3.63, 3.8) is 0 Å². The Bertz CT molecular complexity index is 431. The lowest BCUT2D eigenvalue weighted by molar-refractivity contribution is 0.259. The number of rotatable bonds is 13. The number of aryl methyl sites for hydroxylation is 1. The van der Waals surface area contributed by atoms with Gasteiger partial charge in [-0.05, 0) is 30.5 Å². The van der Waals surface area contributed by atoms with Crippen molar-refractivity contribution in [2.24, 2.45) is 5.73 Å². The van der Waals surface area contributed by atoms with Crippen LogP contribution in [-0.2, 0) is 6.42 Å². The average molecular weight is 319 g/mol. The van der Waals surface area contributed by atoms with Crippen LogP contribution in [0.1, 0.15) is 83.1 Å². The Morgan fingerprint density at radius 2 is 1.48 bits per heavy atom. The van der Waals surface area contributed by atoms with Crippen LogP contribution < -0.4 is 11.1 Å². The van der Waals surface area contributed by atoms with Crippen LogP contribution in [0.4, 0.5) is 10.5 Å². The summed E-state index contributed by atoms with van der Waals surface area (Å²) in [6.45, 7) is 2.27. The molecule has 0 aliphatic heterocycles. The van der Waals surface area contributed by atoms with Gasteiger partial charge in [-0.2, -0.15) is 0 Å². The van der Waals surface area contributed by atoms with Gasteiger partial charge in [0.1, 0.15) is 0 Å². The van der Waals surface area contributed by atoms with Crippen molar-refractivity contribution >= 4 is 11.7 Å². The van der Waals surface area contributed by atoms with Gasteiger partial charge in [0.25, 0.3) is 0 Å². The number of nitrogens with two attached hydrogens (primary N) is 1. The van der Waals surface area contributed by atoms with Crippen LogP contribution in [0, 0.1) is 0 Å². The van der Waals surface area contributed by atoms with Gasteiger partial charge in [0.15, 0.2) is 0 Å². The highest BCUT2D eigenvalue weighted by molar-refractivity contribution is 5.87. The van der Waals surface area contributed by atoms with Gasteiger partial charge in [-0.25, -0.2) is 4.79 Å². The van der Waals surface area contributed by atoms with Gasteiger partial charge in [-0.15, -0.1) is 0 Å². The molecule has 0 aliphatic carbocycles. The van der Waals surface area contributed by atoms with Crippen molar-refractivity contribution in [2.45, 2.75) is 84.0 Å². The Morgan fingerprint density at radius 1 is 0.913 bits per heavy atom. The van der Waals surface area contributed by atoms with E-state index in [1.54, 1.807) is 0 Å². The predicted molar refractivity (Wildman–Crippen MR) is 99.8 cm³/mol. The minimum Gasteiger partial charge on any atom is -0.351 e. The Kier molecular flexibility index (Phi) is 11.0. The molecule has 3 N–H and O–H groups in total. The first-order valence-corrected chi connectivity index (χ1v) is 9.37. The van der Waals surface area contributed by atoms with Crippen molar-refractivity contribution in [3.05, 3.63) is 29.8 Å². The third-order valence-electron chi connectivity index (χ3n) is 4.26. The van der Waals surface area contributed by atoms with Gasteiger partial charge in [0.05, 0.1) is 0 Å². The number of unbranched alkanes of at least 4 members (excludes halogenated alkanes) is 10. The second-order valence-electron chi connectivity index (χ2n) is 6.48. The maximum atomic E-state index is 10.9. The quantitative estimate of drug-likeness (QED) is 0.429. The molecule has 0 saturated carbocycles. The molecule has 1 aromatic carbocycles. The van der Waals surface area contributed by atoms with E-state index in [0.717, 1.165) is 12.1 Å². The first-order chi connectivity index (χ1) is 11.2. The predicted octanol–water partition coefficient (Wildman–Crippen LogP) is 6.03. The van der Waals surface area contributed by atoms with Gasteiger partial charge < -0.3 is 11.1 Å². The number of primary amides is 1. The van der Waals surface area contributed by atoms with E-state index in [-0.39, 0.29) is 0 Å². The van der Waals surface area contributed by atoms with E-state index in [4.69, 9.17) is 5.73 Å². The van der Waals surface area contributed by atoms with Crippen LogP contribution in [-0.4, -0.2) is 6.03 Å². The normalized spacial score (nSPS) is 10.7. The molecular formula is C20H34N2O. The molecule has 1 rings (SSSR count). The first kappa shape index (κ1) is 19.5. The Morgan fingerprint density at radius 3 is 2.04 bits per heavy atom. The second-order valence-corrected chi connectivity index (χ2v) is 6.48. The maximum Gasteiger partial charge on any atom is 0.316 e. The summed E-state index contributed by atoms with van der Waals surface area (Å²) in [6.07, 6.45) is 16.1. The summed E-state index contributed by atoms with van der Waals surface area (Å²) in [6, 6.07) is 7.47. The van der Waals surface area contributed by atoms with E-state index < -0.39 is 6.03 Å². The minimum absolute atomic E-state index is 0.503. The molecule has 0 heterocycles. The molecule has 2 amide bonds. The Labute approximate surface area is 142 Å². The van der Waals surface area contributed by atoms with Gasteiger partial charge >= 0.3 is 6.03 Å². The summed E-state index contributed by atoms with van der Waals surface area (Å²) in [4.78, 5) is 10.9. The molecule has 3 heteroatoms. The molecule has 0 unspecified atom stereocenters. The summed E-state index contributed by atoms with van der Waals surface area (Å²) >= 11 is 0. The van der Waals surface area contributed by atoms with Crippen LogP contribution in [0.3, 0.4) is 0 Å². The Balaban J connectivity index is 1.99. The molecule has 0 aromatic heterocycles. The number of amides is 2. The highest BCUT2D eigenvalue weighted by Gasteiger charge is 1.99. The largest absolute Gasteiger partial charge is 0.351 e. The van der Waals surface area contributed by atoms with Gasteiger partial charge in [-0.3, -0.25) is 0 Å². The fourth-order valence-corrected chi connectivity index (χ4v) is 2.94. The lowest BCUT2D eigenvalue weighted by Crippen LogP contribution is -2.19. The third-order valence-corrected chi connectivity index (χ3v) is 4.26. The zero-order valence-corrected chi connectivity index (χ0v) is 14.8. The average Bonchev–Trinajstić information content (AvgIpc) is 2.52. The lowest BCUT2D eigenvalue weighted by Gasteiger charge is -2.06. The van der Waals surface area contributed by atoms with E-state index in [9.17, 15) is 4.79 Å². The number of hydrogen-bond acceptors (Lipinski definition) is 1. The van der Waals surface area contributed by atoms with Crippen LogP contribution in [0.2, 0.25) is 0 Å². The lowest BCUT2D eigenvalue weighted by atomic mass is 10.0. The van der Waals surface area contributed by atoms with Gasteiger partial charge in [-0.1, -0.05) is 83.3 Å². The van der Waals surface area contributed by atoms with E-state index in [0.29, 0.717) is 0 Å². The molecule has 0 fully saturated rings. The molecule has 0 saturated heterocycles. The molecule has 3 nitrogen and oxygen atoms in total. The number of nitrogens with one attached hydrogen (secondary N) is 1. The number of benzene rings is 1. The Hall–Kier alpha value is -1.51. The molecule has 0 radical (unpaired) electrons. The molecule has 0 spiro atoms. The second kappa shape index (κ2) is 13.0. The molecule has 0 atom stereocenters. The van der Waals surface area contributed by atoms with Crippen molar-refractivity contribution < 1.29 is 4.79 Å². The SMILES string of the molecule is CCCCCCCCCCCCCc1cccc(NC(N)=O)c1. The fourth-order valence-electron chi connectivity index (χ4n) is 2.94. The standard InChI is InChI=1S/C20H34N2O/c1-2-3-4-5-6-7-8-9-10-11-12-14-18-15-13-16-19(17-18)22-20(21)23/h13,15-17H,2-12,14H2,1H3,(H3,21,22,23). The molecule has 0 bridgehead atoms. The topological polar surface area (TPSA) is 55.1 Å². The number of carbonyl (C=O) groups excluding carboxylic acids is 1. The smallest absolute Gasteiger partial charge is 0.316 e. The van der Waals surface area contributed by atoms with E-state index in [2.05, 4.69) is 18.3 Å². The number of hydrogen-bond donors (Lipinski definition) is 2. The van der Waals surface area contributed by atoms with Gasteiger partial charge in [0.2, 0.25) is 0 Å². The molecule has 0 aliphatic rings. The summed E-state index contributed by atoms with van der Waals surface area (Å²) in [5.41, 5.74) is 7.20. The summed E-state index contributed by atoms with van der Waals surface area (Å²) in [7, 11) is 0.